The Hall–Kier alpha value is -1.45. The van der Waals surface area contributed by atoms with Crippen LogP contribution in [0.5, 0.6) is 0 Å². The van der Waals surface area contributed by atoms with Crippen molar-refractivity contribution in [1.82, 2.24) is 4.90 Å². The number of halogens is 1. The molecule has 0 N–H and O–H groups in total. The number of rotatable bonds is 2. The van der Waals surface area contributed by atoms with E-state index in [1.807, 2.05) is 0 Å². The minimum atomic E-state index is 0.0833. The van der Waals surface area contributed by atoms with Crippen molar-refractivity contribution >= 4 is 11.6 Å². The topological polar surface area (TPSA) is 50.8 Å². The summed E-state index contributed by atoms with van der Waals surface area (Å²) in [6, 6.07) is 3.59. The molecule has 0 aliphatic carbocycles. The van der Waals surface area contributed by atoms with Crippen LogP contribution in [-0.2, 0) is 0 Å². The monoisotopic (exact) mass is 195 g/mol. The molecule has 0 unspecified atom stereocenters. The molecule has 0 fully saturated rings. The third kappa shape index (κ3) is 3.64. The average molecular weight is 196 g/mol. The predicted octanol–water partition coefficient (Wildman–Crippen LogP) is 1.99. The molecule has 0 bridgehead atoms. The zero-order valence-corrected chi connectivity index (χ0v) is 8.55. The molecule has 13 heavy (non-hydrogen) atoms. The quantitative estimate of drug-likeness (QED) is 0.385. The molecule has 0 aliphatic heterocycles. The maximum Gasteiger partial charge on any atom is 0.132 e. The van der Waals surface area contributed by atoms with Gasteiger partial charge in [-0.15, -0.1) is 0 Å². The Morgan fingerprint density at radius 1 is 1.31 bits per heavy atom. The normalized spacial score (nSPS) is 9.85. The Bertz CT molecular complexity index is 310. The number of hydrogen-bond donors (Lipinski definition) is 0. The molecule has 0 amide bonds. The smallest absolute Gasteiger partial charge is 0.132 e. The second kappa shape index (κ2) is 5.24. The summed E-state index contributed by atoms with van der Waals surface area (Å²) in [7, 11) is 3.56. The Morgan fingerprint density at radius 3 is 2.08 bits per heavy atom. The second-order valence-electron chi connectivity index (χ2n) is 2.64. The van der Waals surface area contributed by atoms with Crippen LogP contribution in [0.25, 0.3) is 0 Å². The maximum absolute atomic E-state index is 8.53. The average Bonchev–Trinajstić information content (AvgIpc) is 2.06. The van der Waals surface area contributed by atoms with Gasteiger partial charge in [-0.3, -0.25) is 0 Å². The van der Waals surface area contributed by atoms with E-state index in [2.05, 4.69) is 0 Å². The summed E-state index contributed by atoms with van der Waals surface area (Å²) in [5.41, 5.74) is 0.656. The van der Waals surface area contributed by atoms with Gasteiger partial charge in [0.2, 0.25) is 0 Å². The largest absolute Gasteiger partial charge is 0.368 e. The summed E-state index contributed by atoms with van der Waals surface area (Å²) in [6.07, 6.45) is 1.59. The van der Waals surface area contributed by atoms with Crippen LogP contribution < -0.4 is 0 Å². The SMILES string of the molecule is CC(/C=C(\Cl)N(C)C)=C(C#N)C#N. The first-order chi connectivity index (χ1) is 6.02. The van der Waals surface area contributed by atoms with Gasteiger partial charge in [-0.1, -0.05) is 11.6 Å². The van der Waals surface area contributed by atoms with Crippen molar-refractivity contribution in [3.63, 3.8) is 0 Å². The zero-order valence-electron chi connectivity index (χ0n) is 7.80. The minimum Gasteiger partial charge on any atom is -0.368 e. The van der Waals surface area contributed by atoms with Gasteiger partial charge in [-0.25, -0.2) is 0 Å². The van der Waals surface area contributed by atoms with E-state index in [1.165, 1.54) is 0 Å². The second-order valence-corrected chi connectivity index (χ2v) is 3.03. The highest BCUT2D eigenvalue weighted by molar-refractivity contribution is 6.29. The van der Waals surface area contributed by atoms with Crippen molar-refractivity contribution in [1.29, 1.82) is 10.5 Å². The van der Waals surface area contributed by atoms with Gasteiger partial charge < -0.3 is 4.90 Å². The van der Waals surface area contributed by atoms with Crippen molar-refractivity contribution in [2.45, 2.75) is 6.92 Å². The number of hydrogen-bond acceptors (Lipinski definition) is 3. The van der Waals surface area contributed by atoms with Gasteiger partial charge in [-0.2, -0.15) is 10.5 Å². The highest BCUT2D eigenvalue weighted by atomic mass is 35.5. The standard InChI is InChI=1S/C9H10ClN3/c1-7(8(5-11)6-12)4-9(10)13(2)3/h4H,1-3H3/b9-4+. The van der Waals surface area contributed by atoms with Gasteiger partial charge in [-0.05, 0) is 18.6 Å². The summed E-state index contributed by atoms with van der Waals surface area (Å²) in [5.74, 6) is 0. The zero-order chi connectivity index (χ0) is 10.4. The van der Waals surface area contributed by atoms with Crippen molar-refractivity contribution in [3.8, 4) is 12.1 Å². The van der Waals surface area contributed by atoms with E-state index in [1.54, 1.807) is 44.1 Å². The molecular weight excluding hydrogens is 186 g/mol. The van der Waals surface area contributed by atoms with Crippen LogP contribution in [0.1, 0.15) is 6.92 Å². The van der Waals surface area contributed by atoms with Crippen molar-refractivity contribution in [2.75, 3.05) is 14.1 Å². The summed E-state index contributed by atoms with van der Waals surface area (Å²) in [4.78, 5) is 1.69. The minimum absolute atomic E-state index is 0.0833. The van der Waals surface area contributed by atoms with Crippen molar-refractivity contribution < 1.29 is 0 Å². The van der Waals surface area contributed by atoms with Crippen LogP contribution in [0.4, 0.5) is 0 Å². The van der Waals surface area contributed by atoms with Crippen LogP contribution in [0.3, 0.4) is 0 Å². The lowest BCUT2D eigenvalue weighted by atomic mass is 10.1. The summed E-state index contributed by atoms with van der Waals surface area (Å²) in [6.45, 7) is 1.67. The molecule has 0 rings (SSSR count). The Kier molecular flexibility index (Phi) is 4.66. The molecule has 68 valence electrons. The fraction of sp³-hybridized carbons (Fsp3) is 0.333. The van der Waals surface area contributed by atoms with Gasteiger partial charge in [0, 0.05) is 14.1 Å². The first-order valence-electron chi connectivity index (χ1n) is 3.58. The molecule has 4 heteroatoms. The highest BCUT2D eigenvalue weighted by Gasteiger charge is 2.00. The van der Waals surface area contributed by atoms with E-state index in [0.29, 0.717) is 10.7 Å². The van der Waals surface area contributed by atoms with Crippen LogP contribution in [0.2, 0.25) is 0 Å². The number of nitriles is 2. The molecule has 0 saturated carbocycles. The van der Waals surface area contributed by atoms with E-state index < -0.39 is 0 Å². The van der Waals surface area contributed by atoms with Gasteiger partial charge >= 0.3 is 0 Å². The molecule has 0 aromatic carbocycles. The molecule has 0 heterocycles. The van der Waals surface area contributed by atoms with Gasteiger partial charge in [0.1, 0.15) is 22.9 Å². The van der Waals surface area contributed by atoms with E-state index >= 15 is 0 Å². The molecule has 3 nitrogen and oxygen atoms in total. The molecule has 0 aromatic rings. The van der Waals surface area contributed by atoms with Crippen molar-refractivity contribution in [3.05, 3.63) is 22.4 Å². The van der Waals surface area contributed by atoms with Crippen LogP contribution in [0.15, 0.2) is 22.4 Å². The molecule has 0 atom stereocenters. The van der Waals surface area contributed by atoms with Crippen LogP contribution in [0, 0.1) is 22.7 Å². The third-order valence-corrected chi connectivity index (χ3v) is 1.83. The van der Waals surface area contributed by atoms with Gasteiger partial charge in [0.15, 0.2) is 0 Å². The fourth-order valence-corrected chi connectivity index (χ4v) is 0.745. The van der Waals surface area contributed by atoms with E-state index in [0.717, 1.165) is 0 Å². The van der Waals surface area contributed by atoms with Gasteiger partial charge in [0.25, 0.3) is 0 Å². The van der Waals surface area contributed by atoms with Gasteiger partial charge in [0.05, 0.1) is 0 Å². The Balaban J connectivity index is 4.95. The van der Waals surface area contributed by atoms with E-state index in [-0.39, 0.29) is 5.57 Å². The highest BCUT2D eigenvalue weighted by Crippen LogP contribution is 2.11. The van der Waals surface area contributed by atoms with Crippen LogP contribution in [-0.4, -0.2) is 19.0 Å². The fourth-order valence-electron chi connectivity index (χ4n) is 0.581. The summed E-state index contributed by atoms with van der Waals surface area (Å²) < 4.78 is 0. The summed E-state index contributed by atoms with van der Waals surface area (Å²) >= 11 is 5.80. The number of allylic oxidation sites excluding steroid dienone is 3. The predicted molar refractivity (Wildman–Crippen MR) is 51.5 cm³/mol. The molecule has 0 aliphatic rings. The Labute approximate surface area is 83.1 Å². The summed E-state index contributed by atoms with van der Waals surface area (Å²) in [5, 5.41) is 17.5. The van der Waals surface area contributed by atoms with Crippen LogP contribution >= 0.6 is 11.6 Å². The molecule has 0 radical (unpaired) electrons. The molecule has 0 aromatic heterocycles. The number of nitrogens with zero attached hydrogens (tertiary/aromatic N) is 3. The first kappa shape index (κ1) is 11.6. The lowest BCUT2D eigenvalue weighted by Crippen LogP contribution is -2.06. The van der Waals surface area contributed by atoms with E-state index in [9.17, 15) is 0 Å². The van der Waals surface area contributed by atoms with Crippen molar-refractivity contribution in [2.24, 2.45) is 0 Å². The molecular formula is C9H10ClN3. The molecule has 0 spiro atoms. The third-order valence-electron chi connectivity index (χ3n) is 1.38. The maximum atomic E-state index is 8.53. The Morgan fingerprint density at radius 2 is 1.77 bits per heavy atom. The molecule has 0 saturated heterocycles. The van der Waals surface area contributed by atoms with E-state index in [4.69, 9.17) is 22.1 Å². The lowest BCUT2D eigenvalue weighted by Gasteiger charge is -2.09. The first-order valence-corrected chi connectivity index (χ1v) is 3.96. The lowest BCUT2D eigenvalue weighted by molar-refractivity contribution is 0.546.